The van der Waals surface area contributed by atoms with E-state index < -0.39 is 0 Å². The van der Waals surface area contributed by atoms with Crippen LogP contribution in [-0.4, -0.2) is 12.5 Å². The average molecular weight is 319 g/mol. The first-order valence-electron chi connectivity index (χ1n) is 6.79. The molecule has 2 N–H and O–H groups in total. The molecule has 1 aliphatic rings. The molecule has 1 aliphatic heterocycles. The fraction of sp³-hybridized carbons (Fsp3) is 0.188. The largest absolute Gasteiger partial charge is 0.324 e. The van der Waals surface area contributed by atoms with Gasteiger partial charge in [-0.15, -0.1) is 0 Å². The summed E-state index contributed by atoms with van der Waals surface area (Å²) in [5.41, 5.74) is 1.91. The molecule has 1 amide bonds. The van der Waals surface area contributed by atoms with Crippen LogP contribution in [0.2, 0.25) is 5.02 Å². The predicted octanol–water partition coefficient (Wildman–Crippen LogP) is 4.09. The number of nitrogens with one attached hydrogen (secondary N) is 2. The number of carbonyl (C=O) groups is 1. The maximum absolute atomic E-state index is 11.9. The Kier molecular flexibility index (Phi) is 4.19. The summed E-state index contributed by atoms with van der Waals surface area (Å²) in [7, 11) is 0. The second-order valence-electron chi connectivity index (χ2n) is 4.78. The van der Waals surface area contributed by atoms with Gasteiger partial charge < -0.3 is 10.6 Å². The maximum atomic E-state index is 11.9. The minimum absolute atomic E-state index is 0.0143. The highest BCUT2D eigenvalue weighted by Gasteiger charge is 2.29. The zero-order valence-electron chi connectivity index (χ0n) is 11.5. The van der Waals surface area contributed by atoms with Crippen LogP contribution >= 0.6 is 23.4 Å². The molecule has 2 aromatic carbocycles. The van der Waals surface area contributed by atoms with Crippen LogP contribution < -0.4 is 10.6 Å². The third-order valence-corrected chi connectivity index (χ3v) is 4.56. The number of anilines is 1. The first-order valence-corrected chi connectivity index (χ1v) is 7.98. The molecular weight excluding hydrogens is 304 g/mol. The lowest BCUT2D eigenvalue weighted by atomic mass is 10.1. The Bertz CT molecular complexity index is 672. The lowest BCUT2D eigenvalue weighted by Gasteiger charge is -2.09. The summed E-state index contributed by atoms with van der Waals surface area (Å²) < 4.78 is 0. The molecule has 2 aromatic rings. The number of hydrogen-bond donors (Lipinski definition) is 2. The molecule has 0 saturated carbocycles. The molecule has 0 saturated heterocycles. The van der Waals surface area contributed by atoms with Crippen LogP contribution in [0.1, 0.15) is 18.5 Å². The molecule has 0 aliphatic carbocycles. The molecule has 3 rings (SSSR count). The lowest BCUT2D eigenvalue weighted by molar-refractivity contribution is -0.117. The number of benzene rings is 2. The van der Waals surface area contributed by atoms with Crippen LogP contribution in [0, 0.1) is 0 Å². The zero-order valence-corrected chi connectivity index (χ0v) is 13.1. The molecule has 1 unspecified atom stereocenters. The van der Waals surface area contributed by atoms with E-state index in [0.717, 1.165) is 32.6 Å². The molecular formula is C16H15ClN2OS. The molecule has 0 spiro atoms. The van der Waals surface area contributed by atoms with E-state index in [2.05, 4.69) is 10.6 Å². The van der Waals surface area contributed by atoms with Gasteiger partial charge in [0.25, 0.3) is 0 Å². The first kappa shape index (κ1) is 14.4. The minimum atomic E-state index is -0.236. The van der Waals surface area contributed by atoms with Gasteiger partial charge in [-0.2, -0.15) is 0 Å². The molecule has 1 heterocycles. The van der Waals surface area contributed by atoms with Crippen LogP contribution in [0.15, 0.2) is 52.3 Å². The molecule has 3 nitrogen and oxygen atoms in total. The summed E-state index contributed by atoms with van der Waals surface area (Å²) in [5, 5.41) is 6.85. The molecule has 5 heteroatoms. The Morgan fingerprint density at radius 1 is 1.19 bits per heavy atom. The van der Waals surface area contributed by atoms with Gasteiger partial charge in [-0.3, -0.25) is 4.79 Å². The third-order valence-electron chi connectivity index (χ3n) is 3.31. The quantitative estimate of drug-likeness (QED) is 0.892. The average Bonchev–Trinajstić information content (AvgIpc) is 2.78. The lowest BCUT2D eigenvalue weighted by Crippen LogP contribution is -2.27. The van der Waals surface area contributed by atoms with E-state index in [1.165, 1.54) is 0 Å². The highest BCUT2D eigenvalue weighted by molar-refractivity contribution is 7.99. The van der Waals surface area contributed by atoms with E-state index in [0.29, 0.717) is 0 Å². The van der Waals surface area contributed by atoms with Gasteiger partial charge in [-0.05, 0) is 42.9 Å². The fourth-order valence-electron chi connectivity index (χ4n) is 2.35. The number of rotatable bonds is 4. The monoisotopic (exact) mass is 318 g/mol. The fourth-order valence-corrected chi connectivity index (χ4v) is 3.33. The molecule has 0 bridgehead atoms. The van der Waals surface area contributed by atoms with E-state index in [1.54, 1.807) is 11.8 Å². The topological polar surface area (TPSA) is 41.1 Å². The van der Waals surface area contributed by atoms with Gasteiger partial charge in [-0.1, -0.05) is 36.4 Å². The Morgan fingerprint density at radius 3 is 2.62 bits per heavy atom. The van der Waals surface area contributed by atoms with Gasteiger partial charge >= 0.3 is 0 Å². The van der Waals surface area contributed by atoms with Crippen molar-refractivity contribution in [3.63, 3.8) is 0 Å². The number of hydrogen-bond acceptors (Lipinski definition) is 3. The van der Waals surface area contributed by atoms with Crippen molar-refractivity contribution in [3.05, 3.63) is 53.1 Å². The second kappa shape index (κ2) is 6.10. The van der Waals surface area contributed by atoms with E-state index in [9.17, 15) is 4.79 Å². The van der Waals surface area contributed by atoms with Crippen LogP contribution in [0.4, 0.5) is 5.69 Å². The summed E-state index contributed by atoms with van der Waals surface area (Å²) in [6, 6.07) is 13.6. The van der Waals surface area contributed by atoms with Crippen LogP contribution in [0.3, 0.4) is 0 Å². The van der Waals surface area contributed by atoms with E-state index in [4.69, 9.17) is 11.6 Å². The number of halogens is 1. The van der Waals surface area contributed by atoms with Gasteiger partial charge in [0.2, 0.25) is 5.91 Å². The summed E-state index contributed by atoms with van der Waals surface area (Å²) in [6.07, 6.45) is 0. The Hall–Kier alpha value is -1.49. The highest BCUT2D eigenvalue weighted by Crippen LogP contribution is 2.36. The van der Waals surface area contributed by atoms with E-state index in [1.807, 2.05) is 49.4 Å². The van der Waals surface area contributed by atoms with Gasteiger partial charge in [0, 0.05) is 26.1 Å². The summed E-state index contributed by atoms with van der Waals surface area (Å²) in [4.78, 5) is 14.1. The van der Waals surface area contributed by atoms with Crippen molar-refractivity contribution in [2.45, 2.75) is 22.8 Å². The molecule has 21 heavy (non-hydrogen) atoms. The minimum Gasteiger partial charge on any atom is -0.324 e. The van der Waals surface area contributed by atoms with E-state index >= 15 is 0 Å². The maximum Gasteiger partial charge on any atom is 0.246 e. The highest BCUT2D eigenvalue weighted by atomic mass is 35.5. The smallest absolute Gasteiger partial charge is 0.246 e. The third kappa shape index (κ3) is 3.07. The summed E-state index contributed by atoms with van der Waals surface area (Å²) in [5.74, 6) is 0.0143. The number of fused-ring (bicyclic) bond motifs is 1. The van der Waals surface area contributed by atoms with Crippen molar-refractivity contribution in [3.8, 4) is 0 Å². The van der Waals surface area contributed by atoms with Crippen LogP contribution in [-0.2, 0) is 4.79 Å². The van der Waals surface area contributed by atoms with Crippen molar-refractivity contribution in [1.29, 1.82) is 0 Å². The summed E-state index contributed by atoms with van der Waals surface area (Å²) >= 11 is 7.54. The van der Waals surface area contributed by atoms with E-state index in [-0.39, 0.29) is 11.9 Å². The molecule has 1 atom stereocenters. The van der Waals surface area contributed by atoms with Crippen molar-refractivity contribution in [2.75, 3.05) is 11.9 Å². The van der Waals surface area contributed by atoms with Gasteiger partial charge in [-0.25, -0.2) is 0 Å². The Morgan fingerprint density at radius 2 is 1.90 bits per heavy atom. The molecule has 0 fully saturated rings. The number of likely N-dealkylation sites (N-methyl/N-ethyl adjacent to an activating group) is 1. The number of amides is 1. The van der Waals surface area contributed by atoms with Crippen LogP contribution in [0.25, 0.3) is 0 Å². The van der Waals surface area contributed by atoms with Gasteiger partial charge in [0.15, 0.2) is 0 Å². The standard InChI is InChI=1S/C16H15ClN2OS/c1-2-18-15-13-8-7-12(9-14(13)19-16(15)20)21-11-5-3-10(17)4-6-11/h3-9,15,18H,2H2,1H3,(H,19,20). The SMILES string of the molecule is CCNC1C(=O)Nc2cc(Sc3ccc(Cl)cc3)ccc21. The van der Waals surface area contributed by atoms with Gasteiger partial charge in [0.1, 0.15) is 6.04 Å². The van der Waals surface area contributed by atoms with Crippen molar-refractivity contribution in [2.24, 2.45) is 0 Å². The molecule has 0 aromatic heterocycles. The normalized spacial score (nSPS) is 16.7. The first-order chi connectivity index (χ1) is 10.2. The summed E-state index contributed by atoms with van der Waals surface area (Å²) in [6.45, 7) is 2.76. The van der Waals surface area contributed by atoms with Crippen molar-refractivity contribution in [1.82, 2.24) is 5.32 Å². The second-order valence-corrected chi connectivity index (χ2v) is 6.37. The van der Waals surface area contributed by atoms with Crippen molar-refractivity contribution >= 4 is 35.0 Å². The predicted molar refractivity (Wildman–Crippen MR) is 87.1 cm³/mol. The Labute approximate surface area is 133 Å². The van der Waals surface area contributed by atoms with Crippen molar-refractivity contribution < 1.29 is 4.79 Å². The number of carbonyl (C=O) groups excluding carboxylic acids is 1. The van der Waals surface area contributed by atoms with Gasteiger partial charge in [0.05, 0.1) is 0 Å². The molecule has 0 radical (unpaired) electrons. The Balaban J connectivity index is 1.82. The van der Waals surface area contributed by atoms with Crippen LogP contribution in [0.5, 0.6) is 0 Å². The zero-order chi connectivity index (χ0) is 14.8. The molecule has 108 valence electrons.